The number of hydrogen-bond donors (Lipinski definition) is 1. The Morgan fingerprint density at radius 3 is 2.32 bits per heavy atom. The summed E-state index contributed by atoms with van der Waals surface area (Å²) in [4.78, 5) is 0. The molecule has 0 fully saturated rings. The second kappa shape index (κ2) is 7.54. The van der Waals surface area contributed by atoms with Gasteiger partial charge in [0.15, 0.2) is 0 Å². The SMILES string of the molecule is CCC(CC)COc1ccccc1CNC(C)(C)C. The fraction of sp³-hybridized carbons (Fsp3) is 0.647. The largest absolute Gasteiger partial charge is 0.493 e. The van der Waals surface area contributed by atoms with E-state index in [-0.39, 0.29) is 5.54 Å². The van der Waals surface area contributed by atoms with E-state index >= 15 is 0 Å². The van der Waals surface area contributed by atoms with E-state index in [1.165, 1.54) is 18.4 Å². The topological polar surface area (TPSA) is 21.3 Å². The van der Waals surface area contributed by atoms with Gasteiger partial charge in [-0.3, -0.25) is 0 Å². The van der Waals surface area contributed by atoms with Crippen molar-refractivity contribution in [3.8, 4) is 5.75 Å². The Morgan fingerprint density at radius 1 is 1.11 bits per heavy atom. The minimum Gasteiger partial charge on any atom is -0.493 e. The molecule has 0 aromatic heterocycles. The van der Waals surface area contributed by atoms with Crippen molar-refractivity contribution in [2.75, 3.05) is 6.61 Å². The van der Waals surface area contributed by atoms with Gasteiger partial charge in [-0.2, -0.15) is 0 Å². The molecule has 0 saturated carbocycles. The highest BCUT2D eigenvalue weighted by Crippen LogP contribution is 2.20. The molecule has 0 aliphatic heterocycles. The molecular formula is C17H29NO. The minimum atomic E-state index is 0.127. The summed E-state index contributed by atoms with van der Waals surface area (Å²) in [5.74, 6) is 1.68. The molecular weight excluding hydrogens is 234 g/mol. The number of rotatable bonds is 7. The van der Waals surface area contributed by atoms with E-state index in [2.05, 4.69) is 58.1 Å². The molecule has 1 rings (SSSR count). The molecule has 0 aliphatic rings. The summed E-state index contributed by atoms with van der Waals surface area (Å²) in [6.07, 6.45) is 2.36. The van der Waals surface area contributed by atoms with Crippen LogP contribution in [0.5, 0.6) is 5.75 Å². The highest BCUT2D eigenvalue weighted by Gasteiger charge is 2.11. The quantitative estimate of drug-likeness (QED) is 0.787. The monoisotopic (exact) mass is 263 g/mol. The first-order valence-corrected chi connectivity index (χ1v) is 7.42. The molecule has 0 spiro atoms. The molecule has 0 bridgehead atoms. The van der Waals surface area contributed by atoms with Gasteiger partial charge in [0.05, 0.1) is 6.61 Å². The van der Waals surface area contributed by atoms with Crippen molar-refractivity contribution in [2.24, 2.45) is 5.92 Å². The number of ether oxygens (including phenoxy) is 1. The zero-order chi connectivity index (χ0) is 14.3. The molecule has 1 aromatic rings. The van der Waals surface area contributed by atoms with Crippen LogP contribution >= 0.6 is 0 Å². The maximum absolute atomic E-state index is 6.01. The van der Waals surface area contributed by atoms with Crippen LogP contribution in [0.3, 0.4) is 0 Å². The molecule has 2 heteroatoms. The van der Waals surface area contributed by atoms with Crippen molar-refractivity contribution < 1.29 is 4.74 Å². The Kier molecular flexibility index (Phi) is 6.36. The van der Waals surface area contributed by atoms with Crippen molar-refractivity contribution in [2.45, 2.75) is 59.5 Å². The van der Waals surface area contributed by atoms with Crippen LogP contribution < -0.4 is 10.1 Å². The maximum Gasteiger partial charge on any atom is 0.123 e. The predicted octanol–water partition coefficient (Wildman–Crippen LogP) is 4.39. The maximum atomic E-state index is 6.01. The highest BCUT2D eigenvalue weighted by molar-refractivity contribution is 5.33. The summed E-state index contributed by atoms with van der Waals surface area (Å²) in [5, 5.41) is 3.51. The Bertz CT molecular complexity index is 364. The Morgan fingerprint density at radius 2 is 1.74 bits per heavy atom. The van der Waals surface area contributed by atoms with Gasteiger partial charge in [-0.05, 0) is 32.8 Å². The Hall–Kier alpha value is -1.02. The van der Waals surface area contributed by atoms with E-state index in [4.69, 9.17) is 4.74 Å². The lowest BCUT2D eigenvalue weighted by atomic mass is 10.1. The van der Waals surface area contributed by atoms with Crippen molar-refractivity contribution in [3.05, 3.63) is 29.8 Å². The van der Waals surface area contributed by atoms with Crippen LogP contribution in [0.1, 0.15) is 53.0 Å². The summed E-state index contributed by atoms with van der Waals surface area (Å²) >= 11 is 0. The zero-order valence-electron chi connectivity index (χ0n) is 13.1. The lowest BCUT2D eigenvalue weighted by Crippen LogP contribution is -2.35. The highest BCUT2D eigenvalue weighted by atomic mass is 16.5. The lowest BCUT2D eigenvalue weighted by molar-refractivity contribution is 0.237. The van der Waals surface area contributed by atoms with Crippen LogP contribution in [-0.2, 0) is 6.54 Å². The van der Waals surface area contributed by atoms with E-state index in [0.717, 1.165) is 18.9 Å². The first-order valence-electron chi connectivity index (χ1n) is 7.42. The van der Waals surface area contributed by atoms with E-state index in [9.17, 15) is 0 Å². The summed E-state index contributed by atoms with van der Waals surface area (Å²) in [6.45, 7) is 12.7. The normalized spacial score (nSPS) is 11.9. The average molecular weight is 263 g/mol. The molecule has 0 saturated heterocycles. The summed E-state index contributed by atoms with van der Waals surface area (Å²) < 4.78 is 6.01. The van der Waals surface area contributed by atoms with E-state index in [0.29, 0.717) is 5.92 Å². The van der Waals surface area contributed by atoms with Crippen LogP contribution in [0.2, 0.25) is 0 Å². The standard InChI is InChI=1S/C17H29NO/c1-6-14(7-2)13-19-16-11-9-8-10-15(16)12-18-17(3,4)5/h8-11,14,18H,6-7,12-13H2,1-5H3. The van der Waals surface area contributed by atoms with Crippen LogP contribution in [-0.4, -0.2) is 12.1 Å². The molecule has 0 heterocycles. The second-order valence-electron chi connectivity index (χ2n) is 6.20. The summed E-state index contributed by atoms with van der Waals surface area (Å²) in [5.41, 5.74) is 1.37. The third kappa shape index (κ3) is 6.11. The predicted molar refractivity (Wildman–Crippen MR) is 82.6 cm³/mol. The number of nitrogens with one attached hydrogen (secondary N) is 1. The molecule has 0 unspecified atom stereocenters. The third-order valence-electron chi connectivity index (χ3n) is 3.41. The Labute approximate surface area is 118 Å². The molecule has 0 atom stereocenters. The van der Waals surface area contributed by atoms with Gasteiger partial charge in [-0.25, -0.2) is 0 Å². The fourth-order valence-electron chi connectivity index (χ4n) is 1.88. The molecule has 19 heavy (non-hydrogen) atoms. The fourth-order valence-corrected chi connectivity index (χ4v) is 1.88. The smallest absolute Gasteiger partial charge is 0.123 e. The van der Waals surface area contributed by atoms with Gasteiger partial charge < -0.3 is 10.1 Å². The minimum absolute atomic E-state index is 0.127. The molecule has 0 amide bonds. The van der Waals surface area contributed by atoms with Gasteiger partial charge in [-0.1, -0.05) is 44.9 Å². The van der Waals surface area contributed by atoms with Crippen LogP contribution in [0.15, 0.2) is 24.3 Å². The van der Waals surface area contributed by atoms with Gasteiger partial charge in [0.25, 0.3) is 0 Å². The van der Waals surface area contributed by atoms with Crippen molar-refractivity contribution in [1.29, 1.82) is 0 Å². The van der Waals surface area contributed by atoms with Gasteiger partial charge in [-0.15, -0.1) is 0 Å². The number of hydrogen-bond acceptors (Lipinski definition) is 2. The van der Waals surface area contributed by atoms with Gasteiger partial charge >= 0.3 is 0 Å². The van der Waals surface area contributed by atoms with Crippen molar-refractivity contribution >= 4 is 0 Å². The van der Waals surface area contributed by atoms with E-state index in [1.807, 2.05) is 6.07 Å². The summed E-state index contributed by atoms with van der Waals surface area (Å²) in [6, 6.07) is 8.33. The third-order valence-corrected chi connectivity index (χ3v) is 3.41. The van der Waals surface area contributed by atoms with Gasteiger partial charge in [0, 0.05) is 17.6 Å². The van der Waals surface area contributed by atoms with E-state index in [1.54, 1.807) is 0 Å². The van der Waals surface area contributed by atoms with Crippen LogP contribution in [0.4, 0.5) is 0 Å². The van der Waals surface area contributed by atoms with Crippen molar-refractivity contribution in [3.63, 3.8) is 0 Å². The van der Waals surface area contributed by atoms with Crippen LogP contribution in [0.25, 0.3) is 0 Å². The molecule has 1 aromatic carbocycles. The first-order chi connectivity index (χ1) is 8.96. The molecule has 1 N–H and O–H groups in total. The Balaban J connectivity index is 2.62. The average Bonchev–Trinajstić information content (AvgIpc) is 2.38. The molecule has 2 nitrogen and oxygen atoms in total. The van der Waals surface area contributed by atoms with Gasteiger partial charge in [0.1, 0.15) is 5.75 Å². The molecule has 0 aliphatic carbocycles. The van der Waals surface area contributed by atoms with Gasteiger partial charge in [0.2, 0.25) is 0 Å². The first kappa shape index (κ1) is 16.0. The van der Waals surface area contributed by atoms with Crippen molar-refractivity contribution in [1.82, 2.24) is 5.32 Å². The molecule has 0 radical (unpaired) electrons. The zero-order valence-corrected chi connectivity index (χ0v) is 13.1. The number of benzene rings is 1. The second-order valence-corrected chi connectivity index (χ2v) is 6.20. The molecule has 108 valence electrons. The number of para-hydroxylation sites is 1. The van der Waals surface area contributed by atoms with Crippen LogP contribution in [0, 0.1) is 5.92 Å². The lowest BCUT2D eigenvalue weighted by Gasteiger charge is -2.22. The summed E-state index contributed by atoms with van der Waals surface area (Å²) in [7, 11) is 0. The van der Waals surface area contributed by atoms with E-state index < -0.39 is 0 Å².